The molecule has 0 radical (unpaired) electrons. The molecule has 0 aromatic heterocycles. The van der Waals surface area contributed by atoms with Crippen molar-refractivity contribution < 1.29 is 22.3 Å². The summed E-state index contributed by atoms with van der Waals surface area (Å²) >= 11 is 12.4. The van der Waals surface area contributed by atoms with Gasteiger partial charge in [0.05, 0.1) is 28.2 Å². The number of carbonyl (C=O) groups is 1. The Morgan fingerprint density at radius 3 is 2.48 bits per heavy atom. The SMILES string of the molecule is CCOc1c(Cl)cc(C(=O)N(Cc2cccc(F)c2)[C@@H]2CCS(=O)(=O)C2)cc1Cl. The van der Waals surface area contributed by atoms with Crippen molar-refractivity contribution in [3.63, 3.8) is 0 Å². The number of benzene rings is 2. The van der Waals surface area contributed by atoms with Crippen LogP contribution in [0.4, 0.5) is 4.39 Å². The number of halogens is 3. The zero-order chi connectivity index (χ0) is 21.2. The van der Waals surface area contributed by atoms with E-state index in [-0.39, 0.29) is 39.4 Å². The van der Waals surface area contributed by atoms with Crippen molar-refractivity contribution >= 4 is 38.9 Å². The number of nitrogens with zero attached hydrogens (tertiary/aromatic N) is 1. The molecule has 9 heteroatoms. The largest absolute Gasteiger partial charge is 0.491 e. The first-order chi connectivity index (χ1) is 13.7. The number of sulfone groups is 1. The van der Waals surface area contributed by atoms with E-state index in [2.05, 4.69) is 0 Å². The standard InChI is InChI=1S/C20H20Cl2FNO4S/c1-2-28-19-17(21)9-14(10-18(19)22)20(25)24(16-6-7-29(26,27)12-16)11-13-4-3-5-15(23)8-13/h3-5,8-10,16H,2,6-7,11-12H2,1H3/t16-/m1/s1. The summed E-state index contributed by atoms with van der Waals surface area (Å²) in [5, 5.41) is 0.375. The fourth-order valence-corrected chi connectivity index (χ4v) is 5.68. The molecule has 29 heavy (non-hydrogen) atoms. The van der Waals surface area contributed by atoms with Crippen molar-refractivity contribution in [1.29, 1.82) is 0 Å². The monoisotopic (exact) mass is 459 g/mol. The van der Waals surface area contributed by atoms with Gasteiger partial charge in [0.25, 0.3) is 5.91 Å². The predicted molar refractivity (Wildman–Crippen MR) is 111 cm³/mol. The smallest absolute Gasteiger partial charge is 0.254 e. The summed E-state index contributed by atoms with van der Waals surface area (Å²) < 4.78 is 43.0. The molecule has 0 unspecified atom stereocenters. The van der Waals surface area contributed by atoms with Gasteiger partial charge in [0, 0.05) is 18.2 Å². The Kier molecular flexibility index (Phi) is 6.71. The zero-order valence-electron chi connectivity index (χ0n) is 15.7. The normalized spacial score (nSPS) is 17.9. The molecule has 3 rings (SSSR count). The van der Waals surface area contributed by atoms with Crippen LogP contribution in [0.1, 0.15) is 29.3 Å². The Morgan fingerprint density at radius 1 is 1.24 bits per heavy atom. The van der Waals surface area contributed by atoms with E-state index >= 15 is 0 Å². The van der Waals surface area contributed by atoms with Crippen molar-refractivity contribution in [1.82, 2.24) is 4.90 Å². The third-order valence-corrected chi connectivity index (χ3v) is 7.00. The number of rotatable bonds is 6. The topological polar surface area (TPSA) is 63.7 Å². The van der Waals surface area contributed by atoms with Crippen LogP contribution in [0, 0.1) is 5.82 Å². The average Bonchev–Trinajstić information content (AvgIpc) is 3.01. The maximum absolute atomic E-state index is 13.6. The summed E-state index contributed by atoms with van der Waals surface area (Å²) in [6.45, 7) is 2.21. The molecule has 2 aromatic rings. The Balaban J connectivity index is 1.96. The maximum atomic E-state index is 13.6. The summed E-state index contributed by atoms with van der Waals surface area (Å²) in [4.78, 5) is 14.7. The molecule has 0 saturated carbocycles. The quantitative estimate of drug-likeness (QED) is 0.643. The Bertz CT molecular complexity index is 1010. The third-order valence-electron chi connectivity index (χ3n) is 4.69. The van der Waals surface area contributed by atoms with Crippen LogP contribution in [0.3, 0.4) is 0 Å². The van der Waals surface area contributed by atoms with E-state index in [0.29, 0.717) is 18.6 Å². The first-order valence-electron chi connectivity index (χ1n) is 9.08. The lowest BCUT2D eigenvalue weighted by molar-refractivity contribution is 0.0680. The molecule has 0 N–H and O–H groups in total. The van der Waals surface area contributed by atoms with Crippen LogP contribution in [-0.4, -0.2) is 43.4 Å². The highest BCUT2D eigenvalue weighted by Crippen LogP contribution is 2.35. The minimum absolute atomic E-state index is 0.00931. The molecule has 2 aromatic carbocycles. The van der Waals surface area contributed by atoms with Crippen LogP contribution < -0.4 is 4.74 Å². The summed E-state index contributed by atoms with van der Waals surface area (Å²) in [5.41, 5.74) is 0.773. The Morgan fingerprint density at radius 2 is 1.93 bits per heavy atom. The number of hydrogen-bond donors (Lipinski definition) is 0. The molecule has 1 amide bonds. The van der Waals surface area contributed by atoms with Gasteiger partial charge in [-0.05, 0) is 43.2 Å². The Labute approximate surface area is 179 Å². The molecule has 1 atom stereocenters. The second kappa shape index (κ2) is 8.90. The van der Waals surface area contributed by atoms with Crippen LogP contribution in [0.25, 0.3) is 0 Å². The van der Waals surface area contributed by atoms with Crippen LogP contribution in [0.15, 0.2) is 36.4 Å². The van der Waals surface area contributed by atoms with Gasteiger partial charge < -0.3 is 9.64 Å². The fraction of sp³-hybridized carbons (Fsp3) is 0.350. The van der Waals surface area contributed by atoms with E-state index in [0.717, 1.165) is 0 Å². The van der Waals surface area contributed by atoms with Gasteiger partial charge in [-0.2, -0.15) is 0 Å². The molecular formula is C20H20Cl2FNO4S. The van der Waals surface area contributed by atoms with E-state index in [1.165, 1.54) is 29.2 Å². The summed E-state index contributed by atoms with van der Waals surface area (Å²) in [7, 11) is -3.23. The highest BCUT2D eigenvalue weighted by Gasteiger charge is 2.35. The van der Waals surface area contributed by atoms with Gasteiger partial charge in [0.1, 0.15) is 5.82 Å². The van der Waals surface area contributed by atoms with E-state index < -0.39 is 27.6 Å². The summed E-state index contributed by atoms with van der Waals surface area (Å²) in [5.74, 6) is -0.695. The second-order valence-corrected chi connectivity index (χ2v) is 9.86. The molecular weight excluding hydrogens is 440 g/mol. The van der Waals surface area contributed by atoms with E-state index in [1.807, 2.05) is 0 Å². The van der Waals surface area contributed by atoms with Gasteiger partial charge in [0.15, 0.2) is 15.6 Å². The highest BCUT2D eigenvalue weighted by molar-refractivity contribution is 7.91. The average molecular weight is 460 g/mol. The second-order valence-electron chi connectivity index (χ2n) is 6.82. The van der Waals surface area contributed by atoms with E-state index in [9.17, 15) is 17.6 Å². The first kappa shape index (κ1) is 21.9. The van der Waals surface area contributed by atoms with Crippen molar-refractivity contribution in [2.75, 3.05) is 18.1 Å². The van der Waals surface area contributed by atoms with Crippen LogP contribution in [0.2, 0.25) is 10.0 Å². The van der Waals surface area contributed by atoms with Crippen LogP contribution in [-0.2, 0) is 16.4 Å². The van der Waals surface area contributed by atoms with E-state index in [4.69, 9.17) is 27.9 Å². The molecule has 1 aliphatic heterocycles. The van der Waals surface area contributed by atoms with Gasteiger partial charge in [-0.1, -0.05) is 35.3 Å². The highest BCUT2D eigenvalue weighted by atomic mass is 35.5. The maximum Gasteiger partial charge on any atom is 0.254 e. The predicted octanol–water partition coefficient (Wildman–Crippen LogP) is 4.36. The molecule has 1 aliphatic rings. The number of hydrogen-bond acceptors (Lipinski definition) is 4. The zero-order valence-corrected chi connectivity index (χ0v) is 18.0. The molecule has 1 heterocycles. The number of carbonyl (C=O) groups excluding carboxylic acids is 1. The van der Waals surface area contributed by atoms with Crippen molar-refractivity contribution in [3.05, 3.63) is 63.4 Å². The van der Waals surface area contributed by atoms with Crippen molar-refractivity contribution in [2.45, 2.75) is 25.9 Å². The van der Waals surface area contributed by atoms with Gasteiger partial charge in [-0.15, -0.1) is 0 Å². The molecule has 156 valence electrons. The van der Waals surface area contributed by atoms with Gasteiger partial charge in [-0.25, -0.2) is 12.8 Å². The lowest BCUT2D eigenvalue weighted by atomic mass is 10.1. The number of amides is 1. The molecule has 0 aliphatic carbocycles. The third kappa shape index (κ3) is 5.21. The summed E-state index contributed by atoms with van der Waals surface area (Å²) in [6.07, 6.45) is 0.321. The number of ether oxygens (including phenoxy) is 1. The fourth-order valence-electron chi connectivity index (χ4n) is 3.35. The van der Waals surface area contributed by atoms with Crippen LogP contribution >= 0.6 is 23.2 Å². The minimum atomic E-state index is -3.23. The van der Waals surface area contributed by atoms with Gasteiger partial charge >= 0.3 is 0 Å². The lowest BCUT2D eigenvalue weighted by Crippen LogP contribution is -2.40. The van der Waals surface area contributed by atoms with Gasteiger partial charge in [-0.3, -0.25) is 4.79 Å². The Hall–Kier alpha value is -1.83. The molecule has 1 fully saturated rings. The molecule has 1 saturated heterocycles. The molecule has 0 bridgehead atoms. The van der Waals surface area contributed by atoms with Gasteiger partial charge in [0.2, 0.25) is 0 Å². The molecule has 5 nitrogen and oxygen atoms in total. The van der Waals surface area contributed by atoms with Crippen molar-refractivity contribution in [2.24, 2.45) is 0 Å². The molecule has 0 spiro atoms. The van der Waals surface area contributed by atoms with E-state index in [1.54, 1.807) is 19.1 Å². The minimum Gasteiger partial charge on any atom is -0.491 e. The van der Waals surface area contributed by atoms with Crippen LogP contribution in [0.5, 0.6) is 5.75 Å². The lowest BCUT2D eigenvalue weighted by Gasteiger charge is -2.29. The first-order valence-corrected chi connectivity index (χ1v) is 11.7. The van der Waals surface area contributed by atoms with Crippen molar-refractivity contribution in [3.8, 4) is 5.75 Å². The summed E-state index contributed by atoms with van der Waals surface area (Å²) in [6, 6.07) is 8.24.